The number of carbonyl (C=O) groups is 1. The molecule has 0 spiro atoms. The van der Waals surface area contributed by atoms with Crippen LogP contribution in [-0.2, 0) is 9.53 Å². The third kappa shape index (κ3) is 5.55. The molecule has 0 aliphatic carbocycles. The minimum Gasteiger partial charge on any atom is -0.501 e. The Balaban J connectivity index is 1.85. The number of carbonyl (C=O) groups excluding carboxylic acids is 1. The lowest BCUT2D eigenvalue weighted by Gasteiger charge is -2.37. The molecular weight excluding hydrogens is 356 g/mol. The minimum atomic E-state index is 0.219. The molecule has 1 heterocycles. The van der Waals surface area contributed by atoms with Gasteiger partial charge >= 0.3 is 0 Å². The van der Waals surface area contributed by atoms with Gasteiger partial charge in [0.05, 0.1) is 18.6 Å². The zero-order chi connectivity index (χ0) is 20.0. The Bertz CT molecular complexity index is 719. The number of thioether (sulfide) groups is 1. The summed E-state index contributed by atoms with van der Waals surface area (Å²) in [5.74, 6) is 2.35. The molecule has 1 aromatic rings. The monoisotopic (exact) mass is 388 g/mol. The second-order valence-corrected chi connectivity index (χ2v) is 8.08. The summed E-state index contributed by atoms with van der Waals surface area (Å²) < 4.78 is 5.32. The molecule has 1 fully saturated rings. The van der Waals surface area contributed by atoms with Crippen LogP contribution < -0.4 is 4.90 Å². The van der Waals surface area contributed by atoms with Crippen LogP contribution in [0.25, 0.3) is 0 Å². The molecule has 0 saturated carbocycles. The van der Waals surface area contributed by atoms with E-state index < -0.39 is 0 Å². The van der Waals surface area contributed by atoms with E-state index in [-0.39, 0.29) is 5.91 Å². The molecule has 27 heavy (non-hydrogen) atoms. The number of aryl methyl sites for hydroxylation is 1. The van der Waals surface area contributed by atoms with E-state index in [0.717, 1.165) is 48.8 Å². The fraction of sp³-hybridized carbons (Fsp3) is 0.500. The van der Waals surface area contributed by atoms with Crippen LogP contribution in [0.1, 0.15) is 25.0 Å². The fourth-order valence-electron chi connectivity index (χ4n) is 3.26. The van der Waals surface area contributed by atoms with E-state index in [0.29, 0.717) is 5.75 Å². The summed E-state index contributed by atoms with van der Waals surface area (Å²) in [5, 5.41) is 0. The van der Waals surface area contributed by atoms with Gasteiger partial charge in [-0.15, -0.1) is 11.8 Å². The van der Waals surface area contributed by atoms with Crippen LogP contribution in [0.5, 0.6) is 0 Å². The lowest BCUT2D eigenvalue weighted by molar-refractivity contribution is -0.128. The highest BCUT2D eigenvalue weighted by Crippen LogP contribution is 2.24. The van der Waals surface area contributed by atoms with Gasteiger partial charge in [0.15, 0.2) is 0 Å². The van der Waals surface area contributed by atoms with Crippen LogP contribution in [0.15, 0.2) is 41.7 Å². The lowest BCUT2D eigenvalue weighted by atomic mass is 10.1. The Morgan fingerprint density at radius 2 is 1.81 bits per heavy atom. The number of anilines is 1. The van der Waals surface area contributed by atoms with E-state index in [2.05, 4.69) is 43.5 Å². The van der Waals surface area contributed by atoms with Gasteiger partial charge in [0.2, 0.25) is 5.91 Å². The maximum Gasteiger partial charge on any atom is 0.232 e. The van der Waals surface area contributed by atoms with Crippen molar-refractivity contribution >= 4 is 23.4 Å². The Kier molecular flexibility index (Phi) is 7.84. The molecule has 1 aliphatic heterocycles. The highest BCUT2D eigenvalue weighted by Gasteiger charge is 2.22. The van der Waals surface area contributed by atoms with E-state index in [1.165, 1.54) is 16.8 Å². The van der Waals surface area contributed by atoms with Gasteiger partial charge in [0.1, 0.15) is 0 Å². The van der Waals surface area contributed by atoms with E-state index in [1.54, 1.807) is 18.9 Å². The molecule has 1 aromatic carbocycles. The molecule has 1 aliphatic rings. The SMILES string of the molecule is C=C(C)/C(CSCC(=O)N1CCN(c2cccc(C)c2C)CC1)=C(/C)OC. The van der Waals surface area contributed by atoms with Gasteiger partial charge in [0, 0.05) is 43.2 Å². The van der Waals surface area contributed by atoms with Gasteiger partial charge in [-0.25, -0.2) is 0 Å². The summed E-state index contributed by atoms with van der Waals surface area (Å²) in [6.45, 7) is 15.6. The van der Waals surface area contributed by atoms with Gasteiger partial charge in [-0.2, -0.15) is 0 Å². The van der Waals surface area contributed by atoms with Crippen molar-refractivity contribution in [2.24, 2.45) is 0 Å². The molecule has 0 N–H and O–H groups in total. The van der Waals surface area contributed by atoms with Crippen molar-refractivity contribution in [2.45, 2.75) is 27.7 Å². The van der Waals surface area contributed by atoms with Crippen molar-refractivity contribution in [3.63, 3.8) is 0 Å². The third-order valence-electron chi connectivity index (χ3n) is 5.27. The van der Waals surface area contributed by atoms with Crippen LogP contribution in [0, 0.1) is 13.8 Å². The molecule has 0 radical (unpaired) electrons. The average Bonchev–Trinajstić information content (AvgIpc) is 2.66. The Morgan fingerprint density at radius 3 is 2.41 bits per heavy atom. The summed E-state index contributed by atoms with van der Waals surface area (Å²) in [4.78, 5) is 16.9. The normalized spacial score (nSPS) is 15.4. The molecule has 0 atom stereocenters. The number of piperazine rings is 1. The molecule has 2 rings (SSSR count). The standard InChI is InChI=1S/C22H32N2O2S/c1-16(2)20(19(5)26-6)14-27-15-22(25)24-12-10-23(11-13-24)21-9-7-8-17(3)18(21)4/h7-9H,1,10-15H2,2-6H3/b20-19-. The van der Waals surface area contributed by atoms with Crippen molar-refractivity contribution in [2.75, 3.05) is 49.7 Å². The van der Waals surface area contributed by atoms with E-state index >= 15 is 0 Å². The molecule has 1 amide bonds. The number of allylic oxidation sites excluding steroid dienone is 2. The number of ether oxygens (including phenoxy) is 1. The zero-order valence-corrected chi connectivity index (χ0v) is 18.1. The smallest absolute Gasteiger partial charge is 0.232 e. The van der Waals surface area contributed by atoms with E-state index in [9.17, 15) is 4.79 Å². The highest BCUT2D eigenvalue weighted by molar-refractivity contribution is 8.00. The predicted octanol–water partition coefficient (Wildman–Crippen LogP) is 4.18. The van der Waals surface area contributed by atoms with E-state index in [1.807, 2.05) is 18.7 Å². The first-order chi connectivity index (χ1) is 12.8. The molecule has 4 nitrogen and oxygen atoms in total. The average molecular weight is 389 g/mol. The quantitative estimate of drug-likeness (QED) is 0.518. The first kappa shape index (κ1) is 21.4. The highest BCUT2D eigenvalue weighted by atomic mass is 32.2. The number of nitrogens with zero attached hydrogens (tertiary/aromatic N) is 2. The topological polar surface area (TPSA) is 32.8 Å². The molecule has 5 heteroatoms. The summed E-state index contributed by atoms with van der Waals surface area (Å²) in [6, 6.07) is 6.44. The fourth-order valence-corrected chi connectivity index (χ4v) is 4.37. The maximum absolute atomic E-state index is 12.6. The third-order valence-corrected chi connectivity index (χ3v) is 6.21. The van der Waals surface area contributed by atoms with Gasteiger partial charge in [-0.3, -0.25) is 4.79 Å². The first-order valence-electron chi connectivity index (χ1n) is 9.41. The molecular formula is C22H32N2O2S. The Morgan fingerprint density at radius 1 is 1.15 bits per heavy atom. The Labute approximate surface area is 168 Å². The lowest BCUT2D eigenvalue weighted by Crippen LogP contribution is -2.49. The van der Waals surface area contributed by atoms with Crippen LogP contribution in [0.3, 0.4) is 0 Å². The van der Waals surface area contributed by atoms with Crippen LogP contribution in [0.2, 0.25) is 0 Å². The second kappa shape index (κ2) is 9.88. The van der Waals surface area contributed by atoms with Crippen molar-refractivity contribution < 1.29 is 9.53 Å². The molecule has 0 aromatic heterocycles. The largest absolute Gasteiger partial charge is 0.501 e. The number of hydrogen-bond donors (Lipinski definition) is 0. The number of methoxy groups -OCH3 is 1. The van der Waals surface area contributed by atoms with Crippen molar-refractivity contribution in [3.8, 4) is 0 Å². The zero-order valence-electron chi connectivity index (χ0n) is 17.3. The minimum absolute atomic E-state index is 0.219. The molecule has 0 bridgehead atoms. The molecule has 0 unspecified atom stereocenters. The van der Waals surface area contributed by atoms with Gasteiger partial charge < -0.3 is 14.5 Å². The summed E-state index contributed by atoms with van der Waals surface area (Å²) in [7, 11) is 1.67. The number of rotatable bonds is 7. The first-order valence-corrected chi connectivity index (χ1v) is 10.6. The Hall–Kier alpha value is -1.88. The molecule has 1 saturated heterocycles. The summed E-state index contributed by atoms with van der Waals surface area (Å²) >= 11 is 1.63. The number of hydrogen-bond acceptors (Lipinski definition) is 4. The second-order valence-electron chi connectivity index (χ2n) is 7.10. The van der Waals surface area contributed by atoms with Crippen LogP contribution in [-0.4, -0.2) is 55.6 Å². The van der Waals surface area contributed by atoms with Crippen molar-refractivity contribution in [1.29, 1.82) is 0 Å². The van der Waals surface area contributed by atoms with Crippen molar-refractivity contribution in [3.05, 3.63) is 52.8 Å². The summed E-state index contributed by atoms with van der Waals surface area (Å²) in [6.07, 6.45) is 0. The molecule has 148 valence electrons. The predicted molar refractivity (Wildman–Crippen MR) is 117 cm³/mol. The summed E-state index contributed by atoms with van der Waals surface area (Å²) in [5.41, 5.74) is 6.03. The van der Waals surface area contributed by atoms with Crippen LogP contribution in [0.4, 0.5) is 5.69 Å². The van der Waals surface area contributed by atoms with Crippen molar-refractivity contribution in [1.82, 2.24) is 4.90 Å². The van der Waals surface area contributed by atoms with Gasteiger partial charge in [-0.05, 0) is 44.9 Å². The van der Waals surface area contributed by atoms with E-state index in [4.69, 9.17) is 4.74 Å². The number of benzene rings is 1. The van der Waals surface area contributed by atoms with Gasteiger partial charge in [-0.1, -0.05) is 24.3 Å². The number of amides is 1. The van der Waals surface area contributed by atoms with Crippen LogP contribution >= 0.6 is 11.8 Å². The maximum atomic E-state index is 12.6. The van der Waals surface area contributed by atoms with Gasteiger partial charge in [0.25, 0.3) is 0 Å².